The highest BCUT2D eigenvalue weighted by atomic mass is 16.6. The van der Waals surface area contributed by atoms with E-state index in [0.29, 0.717) is 22.8 Å². The summed E-state index contributed by atoms with van der Waals surface area (Å²) in [7, 11) is 3.03. The average molecular weight is 460 g/mol. The second kappa shape index (κ2) is 12.4. The fraction of sp³-hybridized carbons (Fsp3) is 0.115. The Morgan fingerprint density at radius 3 is 2.29 bits per heavy atom. The molecule has 8 nitrogen and oxygen atoms in total. The van der Waals surface area contributed by atoms with Gasteiger partial charge in [-0.25, -0.2) is 10.2 Å². The van der Waals surface area contributed by atoms with Crippen LogP contribution in [0.2, 0.25) is 0 Å². The first-order valence-corrected chi connectivity index (χ1v) is 10.3. The van der Waals surface area contributed by atoms with Crippen LogP contribution < -0.4 is 24.4 Å². The van der Waals surface area contributed by atoms with Gasteiger partial charge in [0.05, 0.1) is 20.4 Å². The SMILES string of the molecule is COc1ccc(OCC(=O)N/N=C\c2ccc(OC(=O)/C=C/c3ccccc3)c(OC)c2)cc1. The fourth-order valence-electron chi connectivity index (χ4n) is 2.75. The van der Waals surface area contributed by atoms with E-state index in [9.17, 15) is 9.59 Å². The fourth-order valence-corrected chi connectivity index (χ4v) is 2.75. The maximum Gasteiger partial charge on any atom is 0.336 e. The molecule has 3 rings (SSSR count). The van der Waals surface area contributed by atoms with Crippen molar-refractivity contribution >= 4 is 24.2 Å². The molecule has 0 radical (unpaired) electrons. The molecule has 0 aliphatic heterocycles. The van der Waals surface area contributed by atoms with Gasteiger partial charge in [-0.15, -0.1) is 0 Å². The van der Waals surface area contributed by atoms with Crippen LogP contribution in [0.25, 0.3) is 6.08 Å². The summed E-state index contributed by atoms with van der Waals surface area (Å²) >= 11 is 0. The number of esters is 1. The van der Waals surface area contributed by atoms with E-state index in [-0.39, 0.29) is 12.4 Å². The molecule has 0 bridgehead atoms. The zero-order chi connectivity index (χ0) is 24.2. The van der Waals surface area contributed by atoms with Crippen LogP contribution in [-0.2, 0) is 9.59 Å². The quantitative estimate of drug-likeness (QED) is 0.162. The lowest BCUT2D eigenvalue weighted by molar-refractivity contribution is -0.129. The minimum absolute atomic E-state index is 0.196. The van der Waals surface area contributed by atoms with Gasteiger partial charge < -0.3 is 18.9 Å². The molecule has 0 saturated heterocycles. The summed E-state index contributed by atoms with van der Waals surface area (Å²) in [6.07, 6.45) is 4.44. The van der Waals surface area contributed by atoms with Crippen LogP contribution in [0.15, 0.2) is 84.0 Å². The predicted octanol–water partition coefficient (Wildman–Crippen LogP) is 3.85. The standard InChI is InChI=1S/C26H24N2O6/c1-31-21-10-12-22(13-11-21)33-18-25(29)28-27-17-20-8-14-23(24(16-20)32-2)34-26(30)15-9-19-6-4-3-5-7-19/h3-17H,18H2,1-2H3,(H,28,29)/b15-9+,27-17-. The number of amides is 1. The minimum Gasteiger partial charge on any atom is -0.497 e. The molecule has 0 aliphatic carbocycles. The summed E-state index contributed by atoms with van der Waals surface area (Å²) in [6.45, 7) is -0.196. The molecule has 0 spiro atoms. The van der Waals surface area contributed by atoms with E-state index < -0.39 is 11.9 Å². The number of hydrogen-bond acceptors (Lipinski definition) is 7. The van der Waals surface area contributed by atoms with Crippen molar-refractivity contribution in [1.82, 2.24) is 5.43 Å². The van der Waals surface area contributed by atoms with E-state index in [1.807, 2.05) is 30.3 Å². The molecule has 1 amide bonds. The van der Waals surface area contributed by atoms with E-state index in [0.717, 1.165) is 5.56 Å². The van der Waals surface area contributed by atoms with E-state index in [1.165, 1.54) is 19.4 Å². The molecule has 1 N–H and O–H groups in total. The number of carbonyl (C=O) groups is 2. The second-order valence-corrected chi connectivity index (χ2v) is 6.83. The number of ether oxygens (including phenoxy) is 4. The molecule has 0 fully saturated rings. The topological polar surface area (TPSA) is 95.5 Å². The van der Waals surface area contributed by atoms with Crippen molar-refractivity contribution in [3.8, 4) is 23.0 Å². The van der Waals surface area contributed by atoms with Crippen LogP contribution in [0.1, 0.15) is 11.1 Å². The normalized spacial score (nSPS) is 10.8. The number of methoxy groups -OCH3 is 2. The highest BCUT2D eigenvalue weighted by Gasteiger charge is 2.09. The van der Waals surface area contributed by atoms with Gasteiger partial charge in [0, 0.05) is 6.08 Å². The van der Waals surface area contributed by atoms with E-state index in [4.69, 9.17) is 18.9 Å². The van der Waals surface area contributed by atoms with Gasteiger partial charge in [0.1, 0.15) is 11.5 Å². The number of benzene rings is 3. The van der Waals surface area contributed by atoms with Crippen LogP contribution in [0.3, 0.4) is 0 Å². The molecule has 0 saturated carbocycles. The summed E-state index contributed by atoms with van der Waals surface area (Å²) in [5.41, 5.74) is 3.90. The van der Waals surface area contributed by atoms with Crippen molar-refractivity contribution in [3.63, 3.8) is 0 Å². The van der Waals surface area contributed by atoms with Gasteiger partial charge in [0.15, 0.2) is 18.1 Å². The molecule has 174 valence electrons. The van der Waals surface area contributed by atoms with Crippen molar-refractivity contribution in [2.75, 3.05) is 20.8 Å². The average Bonchev–Trinajstić information content (AvgIpc) is 2.88. The van der Waals surface area contributed by atoms with Crippen LogP contribution in [-0.4, -0.2) is 38.9 Å². The van der Waals surface area contributed by atoms with Gasteiger partial charge in [-0.2, -0.15) is 5.10 Å². The molecule has 0 atom stereocenters. The molecule has 0 aromatic heterocycles. The van der Waals surface area contributed by atoms with Gasteiger partial charge >= 0.3 is 5.97 Å². The Morgan fingerprint density at radius 1 is 0.853 bits per heavy atom. The molecule has 0 unspecified atom stereocenters. The highest BCUT2D eigenvalue weighted by Crippen LogP contribution is 2.28. The number of nitrogens with one attached hydrogen (secondary N) is 1. The zero-order valence-electron chi connectivity index (χ0n) is 18.8. The van der Waals surface area contributed by atoms with Gasteiger partial charge in [-0.1, -0.05) is 30.3 Å². The largest absolute Gasteiger partial charge is 0.497 e. The van der Waals surface area contributed by atoms with Gasteiger partial charge in [0.25, 0.3) is 5.91 Å². The summed E-state index contributed by atoms with van der Waals surface area (Å²) < 4.78 is 21.1. The molecule has 3 aromatic carbocycles. The molecule has 8 heteroatoms. The molecule has 0 heterocycles. The number of nitrogens with zero attached hydrogens (tertiary/aromatic N) is 1. The molecular formula is C26H24N2O6. The van der Waals surface area contributed by atoms with E-state index in [1.54, 1.807) is 55.7 Å². The Bertz CT molecular complexity index is 1160. The third-order valence-corrected chi connectivity index (χ3v) is 4.44. The number of hydrazone groups is 1. The molecule has 3 aromatic rings. The van der Waals surface area contributed by atoms with Gasteiger partial charge in [-0.05, 0) is 59.7 Å². The van der Waals surface area contributed by atoms with Gasteiger partial charge in [-0.3, -0.25) is 4.79 Å². The van der Waals surface area contributed by atoms with Crippen LogP contribution >= 0.6 is 0 Å². The Morgan fingerprint density at radius 2 is 1.59 bits per heavy atom. The molecule has 34 heavy (non-hydrogen) atoms. The van der Waals surface area contributed by atoms with Crippen LogP contribution in [0, 0.1) is 0 Å². The van der Waals surface area contributed by atoms with Crippen molar-refractivity contribution in [2.45, 2.75) is 0 Å². The van der Waals surface area contributed by atoms with Crippen LogP contribution in [0.5, 0.6) is 23.0 Å². The Hall–Kier alpha value is -4.59. The monoisotopic (exact) mass is 460 g/mol. The van der Waals surface area contributed by atoms with Crippen LogP contribution in [0.4, 0.5) is 0 Å². The summed E-state index contributed by atoms with van der Waals surface area (Å²) in [6, 6.07) is 21.2. The van der Waals surface area contributed by atoms with Gasteiger partial charge in [0.2, 0.25) is 0 Å². The first kappa shape index (κ1) is 24.1. The third kappa shape index (κ3) is 7.52. The predicted molar refractivity (Wildman–Crippen MR) is 128 cm³/mol. The number of hydrogen-bond donors (Lipinski definition) is 1. The third-order valence-electron chi connectivity index (χ3n) is 4.44. The Balaban J connectivity index is 1.51. The van der Waals surface area contributed by atoms with E-state index in [2.05, 4.69) is 10.5 Å². The number of rotatable bonds is 10. The Labute approximate surface area is 197 Å². The van der Waals surface area contributed by atoms with E-state index >= 15 is 0 Å². The van der Waals surface area contributed by atoms with Crippen molar-refractivity contribution in [3.05, 3.63) is 90.0 Å². The lowest BCUT2D eigenvalue weighted by atomic mass is 10.2. The Kier molecular flexibility index (Phi) is 8.81. The summed E-state index contributed by atoms with van der Waals surface area (Å²) in [4.78, 5) is 24.1. The second-order valence-electron chi connectivity index (χ2n) is 6.83. The number of carbonyl (C=O) groups excluding carboxylic acids is 2. The first-order valence-electron chi connectivity index (χ1n) is 10.3. The molecule has 0 aliphatic rings. The highest BCUT2D eigenvalue weighted by molar-refractivity contribution is 5.89. The lowest BCUT2D eigenvalue weighted by Crippen LogP contribution is -2.24. The first-order chi connectivity index (χ1) is 16.6. The van der Waals surface area contributed by atoms with Crippen molar-refractivity contribution < 1.29 is 28.5 Å². The summed E-state index contributed by atoms with van der Waals surface area (Å²) in [5.74, 6) is 0.885. The smallest absolute Gasteiger partial charge is 0.336 e. The molecular weight excluding hydrogens is 436 g/mol. The summed E-state index contributed by atoms with van der Waals surface area (Å²) in [5, 5.41) is 3.91. The van der Waals surface area contributed by atoms with Crippen molar-refractivity contribution in [1.29, 1.82) is 0 Å². The minimum atomic E-state index is -0.535. The zero-order valence-corrected chi connectivity index (χ0v) is 18.8. The maximum atomic E-state index is 12.1. The lowest BCUT2D eigenvalue weighted by Gasteiger charge is -2.08. The van der Waals surface area contributed by atoms with Crippen molar-refractivity contribution in [2.24, 2.45) is 5.10 Å². The maximum absolute atomic E-state index is 12.1.